The molecule has 52 valence electrons. The maximum atomic E-state index is 4.71. The van der Waals surface area contributed by atoms with Crippen LogP contribution in [0.2, 0.25) is 0 Å². The van der Waals surface area contributed by atoms with Crippen LogP contribution in [-0.2, 0) is 4.74 Å². The van der Waals surface area contributed by atoms with E-state index in [9.17, 15) is 0 Å². The molecule has 0 aliphatic carbocycles. The zero-order chi connectivity index (χ0) is 5.70. The average Bonchev–Trinajstić information content (AvgIpc) is 2.25. The first-order chi connectivity index (χ1) is 3.31. The molecule has 0 saturated carbocycles. The number of hydrogen-bond donors (Lipinski definition) is 1. The molecule has 0 aromatic heterocycles. The molecule has 1 aliphatic heterocycles. The maximum absolute atomic E-state index is 4.71. The molecule has 1 N–H and O–H groups in total. The summed E-state index contributed by atoms with van der Waals surface area (Å²) in [5.41, 5.74) is 0. The molecule has 1 fully saturated rings. The van der Waals surface area contributed by atoms with Gasteiger partial charge >= 0.3 is 0 Å². The van der Waals surface area contributed by atoms with E-state index in [0.717, 1.165) is 6.61 Å². The zero-order valence-corrected chi connectivity index (χ0v) is 5.19. The Morgan fingerprint density at radius 1 is 1.50 bits per heavy atom. The highest BCUT2D eigenvalue weighted by molar-refractivity contribution is 4.58. The smallest absolute Gasteiger partial charge is 0.0781 e. The first-order valence-corrected chi connectivity index (χ1v) is 2.51. The van der Waals surface area contributed by atoms with Crippen LogP contribution in [0, 0.1) is 0 Å². The first-order valence-electron chi connectivity index (χ1n) is 2.51. The fraction of sp³-hybridized carbons (Fsp3) is 1.00. The summed E-state index contributed by atoms with van der Waals surface area (Å²) < 4.78 is 4.71. The van der Waals surface area contributed by atoms with Crippen molar-refractivity contribution in [1.82, 2.24) is 5.32 Å². The number of ether oxygens (including phenoxy) is 1. The van der Waals surface area contributed by atoms with Crippen LogP contribution in [0.25, 0.3) is 0 Å². The lowest BCUT2D eigenvalue weighted by Crippen LogP contribution is -1.89. The van der Waals surface area contributed by atoms with E-state index in [1.807, 2.05) is 14.1 Å². The predicted octanol–water partition coefficient (Wildman–Crippen LogP) is 0.877. The third-order valence-electron chi connectivity index (χ3n) is 0.500. The Kier molecular flexibility index (Phi) is 9.36. The Morgan fingerprint density at radius 2 is 1.62 bits per heavy atom. The Balaban J connectivity index is 0. The Morgan fingerprint density at radius 3 is 1.62 bits per heavy atom. The van der Waals surface area contributed by atoms with E-state index >= 15 is 0 Å². The number of rotatable bonds is 0. The largest absolute Gasteiger partial charge is 0.373 e. The van der Waals surface area contributed by atoms with E-state index in [-0.39, 0.29) is 7.43 Å². The number of epoxide rings is 1. The Hall–Kier alpha value is -0.0800. The van der Waals surface area contributed by atoms with Gasteiger partial charge in [0.15, 0.2) is 0 Å². The third kappa shape index (κ3) is 16.8. The monoisotopic (exact) mass is 119 g/mol. The minimum absolute atomic E-state index is 0. The molecule has 0 aromatic rings. The van der Waals surface area contributed by atoms with Gasteiger partial charge in [0.2, 0.25) is 0 Å². The SMILES string of the molecule is C.CC1CO1.CNC. The molecule has 0 amide bonds. The molecule has 1 unspecified atom stereocenters. The highest BCUT2D eigenvalue weighted by Gasteiger charge is 2.13. The topological polar surface area (TPSA) is 24.6 Å². The molecule has 1 aliphatic rings. The van der Waals surface area contributed by atoms with Crippen LogP contribution in [0.1, 0.15) is 14.4 Å². The van der Waals surface area contributed by atoms with Crippen molar-refractivity contribution in [1.29, 1.82) is 0 Å². The molecule has 2 heteroatoms. The maximum Gasteiger partial charge on any atom is 0.0781 e. The van der Waals surface area contributed by atoms with Crippen LogP contribution in [0.15, 0.2) is 0 Å². The van der Waals surface area contributed by atoms with Crippen molar-refractivity contribution in [3.8, 4) is 0 Å². The summed E-state index contributed by atoms with van der Waals surface area (Å²) in [4.78, 5) is 0. The molecule has 2 nitrogen and oxygen atoms in total. The fourth-order valence-corrected chi connectivity index (χ4v) is 0.0962. The van der Waals surface area contributed by atoms with Gasteiger partial charge in [-0.25, -0.2) is 0 Å². The molecular weight excluding hydrogens is 102 g/mol. The molecule has 1 heterocycles. The van der Waals surface area contributed by atoms with Crippen molar-refractivity contribution in [2.24, 2.45) is 0 Å². The second-order valence-electron chi connectivity index (χ2n) is 1.64. The van der Waals surface area contributed by atoms with E-state index in [1.165, 1.54) is 0 Å². The number of hydrogen-bond acceptors (Lipinski definition) is 2. The van der Waals surface area contributed by atoms with Gasteiger partial charge in [0.05, 0.1) is 12.7 Å². The molecule has 0 aromatic carbocycles. The normalized spacial score (nSPS) is 22.1. The van der Waals surface area contributed by atoms with Crippen LogP contribution in [0.4, 0.5) is 0 Å². The summed E-state index contributed by atoms with van der Waals surface area (Å²) in [5.74, 6) is 0. The van der Waals surface area contributed by atoms with Crippen molar-refractivity contribution < 1.29 is 4.74 Å². The van der Waals surface area contributed by atoms with E-state index in [1.54, 1.807) is 0 Å². The third-order valence-corrected chi connectivity index (χ3v) is 0.500. The summed E-state index contributed by atoms with van der Waals surface area (Å²) in [6.07, 6.45) is 0.583. The zero-order valence-electron chi connectivity index (χ0n) is 5.19. The summed E-state index contributed by atoms with van der Waals surface area (Å²) >= 11 is 0. The van der Waals surface area contributed by atoms with Gasteiger partial charge in [-0.1, -0.05) is 7.43 Å². The first kappa shape index (κ1) is 10.8. The summed E-state index contributed by atoms with van der Waals surface area (Å²) in [6, 6.07) is 0. The van der Waals surface area contributed by atoms with Crippen molar-refractivity contribution >= 4 is 0 Å². The minimum Gasteiger partial charge on any atom is -0.373 e. The van der Waals surface area contributed by atoms with Gasteiger partial charge in [0.25, 0.3) is 0 Å². The number of nitrogens with one attached hydrogen (secondary N) is 1. The van der Waals surface area contributed by atoms with Crippen LogP contribution in [-0.4, -0.2) is 26.8 Å². The quantitative estimate of drug-likeness (QED) is 0.479. The molecule has 8 heavy (non-hydrogen) atoms. The molecule has 0 radical (unpaired) electrons. The second-order valence-corrected chi connectivity index (χ2v) is 1.64. The van der Waals surface area contributed by atoms with Crippen LogP contribution in [0.5, 0.6) is 0 Å². The van der Waals surface area contributed by atoms with Gasteiger partial charge in [-0.3, -0.25) is 0 Å². The Labute approximate surface area is 52.2 Å². The Bertz CT molecular complexity index is 35.5. The second kappa shape index (κ2) is 6.92. The van der Waals surface area contributed by atoms with E-state index in [4.69, 9.17) is 4.74 Å². The van der Waals surface area contributed by atoms with E-state index in [2.05, 4.69) is 12.2 Å². The van der Waals surface area contributed by atoms with Gasteiger partial charge in [0, 0.05) is 0 Å². The van der Waals surface area contributed by atoms with Crippen molar-refractivity contribution in [3.63, 3.8) is 0 Å². The molecule has 1 rings (SSSR count). The highest BCUT2D eigenvalue weighted by Crippen LogP contribution is 2.04. The summed E-state index contributed by atoms with van der Waals surface area (Å²) in [7, 11) is 3.75. The molecule has 0 spiro atoms. The standard InChI is InChI=1S/C3H6O.C2H7N.CH4/c1-3-2-4-3;1-3-2;/h3H,2H2,1H3;3H,1-2H3;1H4. The van der Waals surface area contributed by atoms with Gasteiger partial charge < -0.3 is 10.1 Å². The predicted molar refractivity (Wildman–Crippen MR) is 37.1 cm³/mol. The van der Waals surface area contributed by atoms with Gasteiger partial charge in [-0.2, -0.15) is 0 Å². The van der Waals surface area contributed by atoms with Crippen molar-refractivity contribution in [2.75, 3.05) is 20.7 Å². The lowest BCUT2D eigenvalue weighted by molar-refractivity contribution is 0.423. The van der Waals surface area contributed by atoms with Crippen LogP contribution < -0.4 is 5.32 Å². The molecular formula is C6H17NO. The summed E-state index contributed by atoms with van der Waals surface area (Å²) in [6.45, 7) is 3.04. The van der Waals surface area contributed by atoms with E-state index in [0.29, 0.717) is 6.10 Å². The van der Waals surface area contributed by atoms with E-state index < -0.39 is 0 Å². The van der Waals surface area contributed by atoms with Gasteiger partial charge in [-0.05, 0) is 21.0 Å². The van der Waals surface area contributed by atoms with Gasteiger partial charge in [-0.15, -0.1) is 0 Å². The lowest BCUT2D eigenvalue weighted by atomic mass is 10.6. The fourth-order valence-electron chi connectivity index (χ4n) is 0.0962. The minimum atomic E-state index is 0. The van der Waals surface area contributed by atoms with Crippen molar-refractivity contribution in [2.45, 2.75) is 20.5 Å². The van der Waals surface area contributed by atoms with Crippen LogP contribution in [0.3, 0.4) is 0 Å². The highest BCUT2D eigenvalue weighted by atomic mass is 16.6. The molecule has 1 atom stereocenters. The molecule has 1 saturated heterocycles. The van der Waals surface area contributed by atoms with Crippen molar-refractivity contribution in [3.05, 3.63) is 0 Å². The van der Waals surface area contributed by atoms with Gasteiger partial charge in [0.1, 0.15) is 0 Å². The average molecular weight is 119 g/mol. The van der Waals surface area contributed by atoms with Crippen LogP contribution >= 0.6 is 0 Å². The summed E-state index contributed by atoms with van der Waals surface area (Å²) in [5, 5.41) is 2.75. The lowest BCUT2D eigenvalue weighted by Gasteiger charge is -1.59. The molecule has 0 bridgehead atoms.